The van der Waals surface area contributed by atoms with Crippen molar-refractivity contribution >= 4 is 23.1 Å². The van der Waals surface area contributed by atoms with Gasteiger partial charge in [-0.1, -0.05) is 0 Å². The van der Waals surface area contributed by atoms with Crippen LogP contribution in [-0.4, -0.2) is 34.2 Å². The minimum atomic E-state index is -0.525. The number of nitrogens with one attached hydrogen (secondary N) is 1. The zero-order chi connectivity index (χ0) is 14.4. The summed E-state index contributed by atoms with van der Waals surface area (Å²) >= 11 is 1.48. The maximum absolute atomic E-state index is 11.0. The maximum Gasteiger partial charge on any atom is 0.293 e. The molecule has 0 saturated carbocycles. The summed E-state index contributed by atoms with van der Waals surface area (Å²) < 4.78 is 0. The Morgan fingerprint density at radius 1 is 1.63 bits per heavy atom. The molecular formula is C12H15N3O3S. The largest absolute Gasteiger partial charge is 0.395 e. The van der Waals surface area contributed by atoms with Crippen LogP contribution in [0.5, 0.6) is 0 Å². The van der Waals surface area contributed by atoms with E-state index in [1.807, 2.05) is 19.2 Å². The third-order valence-electron chi connectivity index (χ3n) is 2.75. The fraction of sp³-hybridized carbons (Fsp3) is 0.417. The van der Waals surface area contributed by atoms with Crippen LogP contribution >= 0.6 is 11.8 Å². The van der Waals surface area contributed by atoms with E-state index < -0.39 is 4.92 Å². The quantitative estimate of drug-likeness (QED) is 0.611. The highest BCUT2D eigenvalue weighted by Crippen LogP contribution is 2.27. The van der Waals surface area contributed by atoms with E-state index in [4.69, 9.17) is 5.26 Å². The van der Waals surface area contributed by atoms with Crippen molar-refractivity contribution in [2.24, 2.45) is 0 Å². The molecule has 0 saturated heterocycles. The Kier molecular flexibility index (Phi) is 5.60. The highest BCUT2D eigenvalue weighted by atomic mass is 32.2. The van der Waals surface area contributed by atoms with Gasteiger partial charge in [0, 0.05) is 17.4 Å². The van der Waals surface area contributed by atoms with E-state index in [0.29, 0.717) is 5.69 Å². The van der Waals surface area contributed by atoms with Gasteiger partial charge in [0.05, 0.1) is 23.2 Å². The van der Waals surface area contributed by atoms with E-state index in [1.54, 1.807) is 0 Å². The van der Waals surface area contributed by atoms with Crippen LogP contribution in [-0.2, 0) is 0 Å². The number of nitrogens with zero attached hydrogens (tertiary/aromatic N) is 2. The number of aliphatic hydroxyl groups is 1. The number of anilines is 1. The number of benzene rings is 1. The molecule has 1 rings (SSSR count). The highest BCUT2D eigenvalue weighted by molar-refractivity contribution is 7.99. The summed E-state index contributed by atoms with van der Waals surface area (Å²) in [4.78, 5) is 10.5. The first-order chi connectivity index (χ1) is 9.03. The fourth-order valence-corrected chi connectivity index (χ4v) is 2.27. The van der Waals surface area contributed by atoms with Crippen molar-refractivity contribution in [2.75, 3.05) is 18.2 Å². The van der Waals surface area contributed by atoms with Gasteiger partial charge in [0.15, 0.2) is 0 Å². The lowest BCUT2D eigenvalue weighted by Gasteiger charge is -2.22. The molecule has 2 atom stereocenters. The molecule has 1 aromatic rings. The summed E-state index contributed by atoms with van der Waals surface area (Å²) in [5, 5.41) is 31.9. The molecule has 1 aromatic carbocycles. The van der Waals surface area contributed by atoms with Gasteiger partial charge in [0.2, 0.25) is 0 Å². The average molecular weight is 281 g/mol. The molecule has 0 amide bonds. The Bertz CT molecular complexity index is 497. The van der Waals surface area contributed by atoms with E-state index >= 15 is 0 Å². The number of aliphatic hydroxyl groups excluding tert-OH is 1. The summed E-state index contributed by atoms with van der Waals surface area (Å²) in [5.74, 6) is 0. The number of nitro groups is 1. The van der Waals surface area contributed by atoms with E-state index in [9.17, 15) is 15.2 Å². The molecule has 0 spiro atoms. The minimum absolute atomic E-state index is 0.0145. The molecular weight excluding hydrogens is 266 g/mol. The summed E-state index contributed by atoms with van der Waals surface area (Å²) in [6.45, 7) is 1.83. The number of thioether (sulfide) groups is 1. The number of rotatable bonds is 6. The van der Waals surface area contributed by atoms with Crippen molar-refractivity contribution in [3.05, 3.63) is 33.9 Å². The summed E-state index contributed by atoms with van der Waals surface area (Å²) in [6, 6.07) is 6.02. The normalized spacial score (nSPS) is 13.4. The molecule has 2 N–H and O–H groups in total. The minimum Gasteiger partial charge on any atom is -0.395 e. The van der Waals surface area contributed by atoms with Crippen LogP contribution in [0.2, 0.25) is 0 Å². The highest BCUT2D eigenvalue weighted by Gasteiger charge is 2.20. The SMILES string of the molecule is CS[C@H](CO)[C@@H](C)Nc1ccc(C#N)cc1[N+](=O)[O-]. The second kappa shape index (κ2) is 6.97. The van der Waals surface area contributed by atoms with Gasteiger partial charge in [-0.25, -0.2) is 0 Å². The zero-order valence-electron chi connectivity index (χ0n) is 10.7. The Morgan fingerprint density at radius 2 is 2.32 bits per heavy atom. The molecule has 0 aliphatic rings. The van der Waals surface area contributed by atoms with Gasteiger partial charge in [-0.3, -0.25) is 10.1 Å². The van der Waals surface area contributed by atoms with Crippen molar-refractivity contribution in [3.8, 4) is 6.07 Å². The fourth-order valence-electron chi connectivity index (χ4n) is 1.65. The van der Waals surface area contributed by atoms with E-state index in [0.717, 1.165) is 0 Å². The van der Waals surface area contributed by atoms with Crippen LogP contribution in [0.3, 0.4) is 0 Å². The first-order valence-corrected chi connectivity index (χ1v) is 6.91. The van der Waals surface area contributed by atoms with Gasteiger partial charge in [0.25, 0.3) is 5.69 Å². The van der Waals surface area contributed by atoms with Crippen LogP contribution in [0.25, 0.3) is 0 Å². The lowest BCUT2D eigenvalue weighted by atomic mass is 10.1. The lowest BCUT2D eigenvalue weighted by molar-refractivity contribution is -0.384. The number of hydrogen-bond acceptors (Lipinski definition) is 6. The van der Waals surface area contributed by atoms with Crippen LogP contribution in [0.4, 0.5) is 11.4 Å². The first-order valence-electron chi connectivity index (χ1n) is 5.62. The average Bonchev–Trinajstić information content (AvgIpc) is 2.40. The Labute approximate surface area is 115 Å². The summed E-state index contributed by atoms with van der Waals surface area (Å²) in [5.41, 5.74) is 0.459. The lowest BCUT2D eigenvalue weighted by Crippen LogP contribution is -2.31. The van der Waals surface area contributed by atoms with Gasteiger partial charge in [-0.05, 0) is 25.3 Å². The van der Waals surface area contributed by atoms with E-state index in [1.165, 1.54) is 30.0 Å². The second-order valence-corrected chi connectivity index (χ2v) is 5.07. The standard InChI is InChI=1S/C12H15N3O3S/c1-8(12(7-16)19-2)14-10-4-3-9(6-13)5-11(10)15(17)18/h3-5,8,12,14,16H,7H2,1-2H3/t8-,12-/m1/s1. The van der Waals surface area contributed by atoms with Crippen LogP contribution in [0.15, 0.2) is 18.2 Å². The van der Waals surface area contributed by atoms with E-state index in [2.05, 4.69) is 5.32 Å². The van der Waals surface area contributed by atoms with E-state index in [-0.39, 0.29) is 29.1 Å². The third kappa shape index (κ3) is 3.84. The molecule has 0 radical (unpaired) electrons. The molecule has 0 unspecified atom stereocenters. The van der Waals surface area contributed by atoms with Gasteiger partial charge < -0.3 is 10.4 Å². The molecule has 7 heteroatoms. The summed E-state index contributed by atoms with van der Waals surface area (Å²) in [7, 11) is 0. The Hall–Kier alpha value is -1.78. The van der Waals surface area contributed by atoms with Gasteiger partial charge in [0.1, 0.15) is 5.69 Å². The molecule has 102 valence electrons. The molecule has 0 heterocycles. The predicted octanol–water partition coefficient (Wildman–Crippen LogP) is 1.99. The second-order valence-electron chi connectivity index (χ2n) is 3.99. The smallest absolute Gasteiger partial charge is 0.293 e. The van der Waals surface area contributed by atoms with Crippen molar-refractivity contribution in [2.45, 2.75) is 18.2 Å². The van der Waals surface area contributed by atoms with Crippen LogP contribution in [0, 0.1) is 21.4 Å². The van der Waals surface area contributed by atoms with Gasteiger partial charge in [-0.15, -0.1) is 0 Å². The van der Waals surface area contributed by atoms with Crippen molar-refractivity contribution in [3.63, 3.8) is 0 Å². The van der Waals surface area contributed by atoms with Crippen LogP contribution < -0.4 is 5.32 Å². The van der Waals surface area contributed by atoms with Gasteiger partial charge in [-0.2, -0.15) is 17.0 Å². The van der Waals surface area contributed by atoms with Crippen molar-refractivity contribution in [1.29, 1.82) is 5.26 Å². The van der Waals surface area contributed by atoms with Gasteiger partial charge >= 0.3 is 0 Å². The molecule has 0 fully saturated rings. The number of nitriles is 1. The van der Waals surface area contributed by atoms with Crippen LogP contribution in [0.1, 0.15) is 12.5 Å². The molecule has 6 nitrogen and oxygen atoms in total. The monoisotopic (exact) mass is 281 g/mol. The topological polar surface area (TPSA) is 99.2 Å². The molecule has 0 bridgehead atoms. The maximum atomic E-state index is 11.0. The molecule has 0 aliphatic heterocycles. The first kappa shape index (κ1) is 15.3. The number of nitro benzene ring substituents is 1. The molecule has 19 heavy (non-hydrogen) atoms. The Balaban J connectivity index is 3.01. The van der Waals surface area contributed by atoms with Crippen molar-refractivity contribution < 1.29 is 10.0 Å². The third-order valence-corrected chi connectivity index (χ3v) is 3.91. The zero-order valence-corrected chi connectivity index (χ0v) is 11.5. The molecule has 0 aliphatic carbocycles. The number of hydrogen-bond donors (Lipinski definition) is 2. The molecule has 0 aromatic heterocycles. The summed E-state index contributed by atoms with van der Waals surface area (Å²) in [6.07, 6.45) is 1.87. The van der Waals surface area contributed by atoms with Crippen molar-refractivity contribution in [1.82, 2.24) is 0 Å². The Morgan fingerprint density at radius 3 is 2.79 bits per heavy atom. The predicted molar refractivity (Wildman–Crippen MR) is 75.3 cm³/mol.